The SMILES string of the molecule is CCCC(=O)CCCCC1SC[C@H]2NC(=O)N[C@@H]12. The van der Waals surface area contributed by atoms with Gasteiger partial charge >= 0.3 is 6.03 Å². The normalized spacial score (nSPS) is 29.8. The van der Waals surface area contributed by atoms with E-state index in [9.17, 15) is 9.59 Å². The molecule has 1 unspecified atom stereocenters. The molecule has 0 aliphatic carbocycles. The number of Topliss-reactive ketones (excluding diaryl/α,β-unsaturated/α-hetero) is 1. The Hall–Kier alpha value is -0.710. The summed E-state index contributed by atoms with van der Waals surface area (Å²) in [6, 6.07) is 0.594. The maximum Gasteiger partial charge on any atom is 0.315 e. The second kappa shape index (κ2) is 6.45. The largest absolute Gasteiger partial charge is 0.332 e. The highest BCUT2D eigenvalue weighted by Crippen LogP contribution is 2.33. The molecule has 2 amide bonds. The van der Waals surface area contributed by atoms with Crippen molar-refractivity contribution in [2.45, 2.75) is 62.8 Å². The lowest BCUT2D eigenvalue weighted by atomic mass is 10.0. The number of thioether (sulfide) groups is 1. The van der Waals surface area contributed by atoms with Gasteiger partial charge in [0.2, 0.25) is 0 Å². The van der Waals surface area contributed by atoms with Crippen LogP contribution in [0.4, 0.5) is 4.79 Å². The monoisotopic (exact) mass is 270 g/mol. The number of carbonyl (C=O) groups is 2. The Kier molecular flexibility index (Phi) is 4.92. The fraction of sp³-hybridized carbons (Fsp3) is 0.846. The summed E-state index contributed by atoms with van der Waals surface area (Å²) in [6.07, 6.45) is 5.60. The average Bonchev–Trinajstić information content (AvgIpc) is 2.85. The quantitative estimate of drug-likeness (QED) is 0.550. The van der Waals surface area contributed by atoms with Crippen molar-refractivity contribution in [3.8, 4) is 0 Å². The van der Waals surface area contributed by atoms with Gasteiger partial charge in [-0.1, -0.05) is 13.3 Å². The van der Waals surface area contributed by atoms with Crippen molar-refractivity contribution in [2.75, 3.05) is 5.75 Å². The van der Waals surface area contributed by atoms with Gasteiger partial charge in [0.15, 0.2) is 0 Å². The van der Waals surface area contributed by atoms with Gasteiger partial charge < -0.3 is 10.6 Å². The van der Waals surface area contributed by atoms with Crippen LogP contribution in [0.3, 0.4) is 0 Å². The van der Waals surface area contributed by atoms with Crippen LogP contribution in [0.1, 0.15) is 45.4 Å². The van der Waals surface area contributed by atoms with E-state index >= 15 is 0 Å². The number of urea groups is 1. The van der Waals surface area contributed by atoms with Crippen molar-refractivity contribution in [3.05, 3.63) is 0 Å². The molecule has 2 aliphatic heterocycles. The minimum absolute atomic E-state index is 0.0200. The van der Waals surface area contributed by atoms with Crippen molar-refractivity contribution >= 4 is 23.6 Å². The lowest BCUT2D eigenvalue weighted by molar-refractivity contribution is -0.119. The molecule has 5 heteroatoms. The van der Waals surface area contributed by atoms with E-state index in [4.69, 9.17) is 0 Å². The first-order valence-corrected chi connectivity index (χ1v) is 7.96. The maximum atomic E-state index is 11.4. The van der Waals surface area contributed by atoms with E-state index in [0.29, 0.717) is 23.1 Å². The zero-order valence-electron chi connectivity index (χ0n) is 10.9. The zero-order valence-corrected chi connectivity index (χ0v) is 11.7. The van der Waals surface area contributed by atoms with Gasteiger partial charge in [0.25, 0.3) is 0 Å². The molecule has 0 aromatic heterocycles. The molecule has 0 aromatic carbocycles. The number of ketones is 1. The highest BCUT2D eigenvalue weighted by atomic mass is 32.2. The summed E-state index contributed by atoms with van der Waals surface area (Å²) in [6.45, 7) is 2.04. The fourth-order valence-electron chi connectivity index (χ4n) is 2.71. The molecular formula is C13H22N2O2S. The minimum atomic E-state index is -0.0200. The first-order valence-electron chi connectivity index (χ1n) is 6.91. The van der Waals surface area contributed by atoms with Gasteiger partial charge in [-0.2, -0.15) is 11.8 Å². The number of nitrogens with one attached hydrogen (secondary N) is 2. The Morgan fingerprint density at radius 1 is 1.33 bits per heavy atom. The number of hydrogen-bond donors (Lipinski definition) is 2. The number of rotatable bonds is 7. The van der Waals surface area contributed by atoms with Crippen LogP contribution in [-0.2, 0) is 4.79 Å². The predicted molar refractivity (Wildman–Crippen MR) is 73.9 cm³/mol. The maximum absolute atomic E-state index is 11.4. The van der Waals surface area contributed by atoms with Crippen molar-refractivity contribution in [3.63, 3.8) is 0 Å². The van der Waals surface area contributed by atoms with Crippen LogP contribution in [0.2, 0.25) is 0 Å². The Morgan fingerprint density at radius 3 is 2.94 bits per heavy atom. The average molecular weight is 270 g/mol. The van der Waals surface area contributed by atoms with E-state index in [0.717, 1.165) is 44.3 Å². The van der Waals surface area contributed by atoms with Crippen molar-refractivity contribution < 1.29 is 9.59 Å². The second-order valence-electron chi connectivity index (χ2n) is 5.16. The lowest BCUT2D eigenvalue weighted by Crippen LogP contribution is -2.36. The number of fused-ring (bicyclic) bond motifs is 1. The second-order valence-corrected chi connectivity index (χ2v) is 6.43. The van der Waals surface area contributed by atoms with Gasteiger partial charge in [-0.3, -0.25) is 4.79 Å². The third-order valence-electron chi connectivity index (χ3n) is 3.66. The van der Waals surface area contributed by atoms with Gasteiger partial charge in [0.05, 0.1) is 12.1 Å². The molecule has 0 saturated carbocycles. The van der Waals surface area contributed by atoms with Gasteiger partial charge in [-0.05, 0) is 19.3 Å². The summed E-state index contributed by atoms with van der Waals surface area (Å²) >= 11 is 1.94. The van der Waals surface area contributed by atoms with E-state index in [1.54, 1.807) is 0 Å². The summed E-state index contributed by atoms with van der Waals surface area (Å²) in [5.74, 6) is 1.41. The number of amides is 2. The van der Waals surface area contributed by atoms with Crippen LogP contribution in [0.15, 0.2) is 0 Å². The van der Waals surface area contributed by atoms with E-state index in [1.165, 1.54) is 0 Å². The standard InChI is InChI=1S/C13H22N2O2S/c1-2-5-9(16)6-3-4-7-11-12-10(8-18-11)14-13(17)15-12/h10-12H,2-8H2,1H3,(H2,14,15,17)/t10-,11?,12-/m1/s1. The number of carbonyl (C=O) groups excluding carboxylic acids is 2. The molecule has 4 nitrogen and oxygen atoms in total. The molecule has 3 atom stereocenters. The van der Waals surface area contributed by atoms with Crippen LogP contribution < -0.4 is 10.6 Å². The fourth-order valence-corrected chi connectivity index (χ4v) is 4.26. The van der Waals surface area contributed by atoms with Crippen LogP contribution in [0.25, 0.3) is 0 Å². The summed E-state index contributed by atoms with van der Waals surface area (Å²) in [7, 11) is 0. The third-order valence-corrected chi connectivity index (χ3v) is 5.17. The van der Waals surface area contributed by atoms with Crippen molar-refractivity contribution in [2.24, 2.45) is 0 Å². The third kappa shape index (κ3) is 3.40. The molecule has 2 fully saturated rings. The summed E-state index contributed by atoms with van der Waals surface area (Å²) in [5, 5.41) is 6.47. The van der Waals surface area contributed by atoms with E-state index < -0.39 is 0 Å². The molecule has 2 N–H and O–H groups in total. The van der Waals surface area contributed by atoms with Crippen LogP contribution in [0.5, 0.6) is 0 Å². The van der Waals surface area contributed by atoms with E-state index in [-0.39, 0.29) is 6.03 Å². The van der Waals surface area contributed by atoms with Crippen LogP contribution in [0, 0.1) is 0 Å². The number of hydrogen-bond acceptors (Lipinski definition) is 3. The zero-order chi connectivity index (χ0) is 13.0. The molecule has 2 heterocycles. The first-order chi connectivity index (χ1) is 8.70. The van der Waals surface area contributed by atoms with Gasteiger partial charge in [0, 0.05) is 23.8 Å². The lowest BCUT2D eigenvalue weighted by Gasteiger charge is -2.16. The molecule has 2 saturated heterocycles. The summed E-state index contributed by atoms with van der Waals surface area (Å²) < 4.78 is 0. The molecular weight excluding hydrogens is 248 g/mol. The molecule has 0 aromatic rings. The Morgan fingerprint density at radius 2 is 2.17 bits per heavy atom. The molecule has 0 bridgehead atoms. The minimum Gasteiger partial charge on any atom is -0.332 e. The highest BCUT2D eigenvalue weighted by Gasteiger charge is 2.42. The first kappa shape index (κ1) is 13.7. The Labute approximate surface area is 113 Å². The smallest absolute Gasteiger partial charge is 0.315 e. The molecule has 0 spiro atoms. The predicted octanol–water partition coefficient (Wildman–Crippen LogP) is 2.08. The topological polar surface area (TPSA) is 58.2 Å². The van der Waals surface area contributed by atoms with Gasteiger partial charge in [-0.25, -0.2) is 4.79 Å². The molecule has 2 aliphatic rings. The van der Waals surface area contributed by atoms with Crippen molar-refractivity contribution in [1.82, 2.24) is 10.6 Å². The van der Waals surface area contributed by atoms with Crippen LogP contribution in [-0.4, -0.2) is 34.9 Å². The molecule has 0 radical (unpaired) electrons. The Balaban J connectivity index is 1.62. The molecule has 102 valence electrons. The Bertz CT molecular complexity index is 322. The molecule has 2 rings (SSSR count). The van der Waals surface area contributed by atoms with Crippen molar-refractivity contribution in [1.29, 1.82) is 0 Å². The molecule has 18 heavy (non-hydrogen) atoms. The van der Waals surface area contributed by atoms with Gasteiger partial charge in [-0.15, -0.1) is 0 Å². The summed E-state index contributed by atoms with van der Waals surface area (Å²) in [4.78, 5) is 22.6. The van der Waals surface area contributed by atoms with Crippen LogP contribution >= 0.6 is 11.8 Å². The number of unbranched alkanes of at least 4 members (excludes halogenated alkanes) is 1. The summed E-state index contributed by atoms with van der Waals surface area (Å²) in [5.41, 5.74) is 0. The van der Waals surface area contributed by atoms with E-state index in [1.807, 2.05) is 18.7 Å². The van der Waals surface area contributed by atoms with E-state index in [2.05, 4.69) is 10.6 Å². The highest BCUT2D eigenvalue weighted by molar-refractivity contribution is 8.00. The van der Waals surface area contributed by atoms with Gasteiger partial charge in [0.1, 0.15) is 5.78 Å².